The molecule has 0 aliphatic rings. The number of hydrogen-bond donors (Lipinski definition) is 3. The first-order chi connectivity index (χ1) is 10.9. The van der Waals surface area contributed by atoms with Gasteiger partial charge >= 0.3 is 0 Å². The lowest BCUT2D eigenvalue weighted by Gasteiger charge is -2.10. The Balaban J connectivity index is 2.65. The lowest BCUT2D eigenvalue weighted by atomic mass is 10.0. The minimum Gasteiger partial charge on any atom is -0.508 e. The molecule has 1 aromatic heterocycles. The summed E-state index contributed by atoms with van der Waals surface area (Å²) in [5, 5.41) is 10.3. The number of carbonyl (C=O) groups excluding carboxylic acids is 1. The zero-order valence-electron chi connectivity index (χ0n) is 13.1. The Kier molecular flexibility index (Phi) is 4.81. The van der Waals surface area contributed by atoms with Crippen LogP contribution in [-0.2, 0) is 0 Å². The number of pyridine rings is 1. The van der Waals surface area contributed by atoms with Gasteiger partial charge in [-0.2, -0.15) is 0 Å². The van der Waals surface area contributed by atoms with Gasteiger partial charge in [0.1, 0.15) is 5.76 Å². The van der Waals surface area contributed by atoms with Crippen molar-refractivity contribution in [3.05, 3.63) is 65.1 Å². The number of nitrogens with zero attached hydrogens (tertiary/aromatic N) is 1. The molecule has 1 aromatic carbocycles. The average Bonchev–Trinajstić information content (AvgIpc) is 2.54. The third-order valence-electron chi connectivity index (χ3n) is 3.39. The zero-order chi connectivity index (χ0) is 17.0. The van der Waals surface area contributed by atoms with Crippen molar-refractivity contribution in [2.75, 3.05) is 5.73 Å². The van der Waals surface area contributed by atoms with E-state index >= 15 is 0 Å². The molecule has 0 unspecified atom stereocenters. The molecule has 0 spiro atoms. The summed E-state index contributed by atoms with van der Waals surface area (Å²) in [5.41, 5.74) is 14.0. The van der Waals surface area contributed by atoms with Crippen molar-refractivity contribution in [2.24, 2.45) is 5.73 Å². The predicted octanol–water partition coefficient (Wildman–Crippen LogP) is 3.34. The van der Waals surface area contributed by atoms with E-state index in [1.54, 1.807) is 31.2 Å². The number of nitrogens with two attached hydrogens (primary N) is 2. The Hall–Kier alpha value is -3.08. The van der Waals surface area contributed by atoms with Crippen LogP contribution in [-0.4, -0.2) is 16.0 Å². The van der Waals surface area contributed by atoms with Crippen molar-refractivity contribution in [1.29, 1.82) is 0 Å². The average molecular weight is 309 g/mol. The summed E-state index contributed by atoms with van der Waals surface area (Å²) in [6.45, 7) is 3.62. The third-order valence-corrected chi connectivity index (χ3v) is 3.39. The molecule has 0 saturated heterocycles. The van der Waals surface area contributed by atoms with Gasteiger partial charge in [-0.05, 0) is 38.1 Å². The first-order valence-corrected chi connectivity index (χ1v) is 7.13. The molecule has 23 heavy (non-hydrogen) atoms. The summed E-state index contributed by atoms with van der Waals surface area (Å²) >= 11 is 0. The number of amides is 1. The van der Waals surface area contributed by atoms with Gasteiger partial charge in [0.25, 0.3) is 5.91 Å². The fourth-order valence-electron chi connectivity index (χ4n) is 2.18. The fourth-order valence-corrected chi connectivity index (χ4v) is 2.18. The zero-order valence-corrected chi connectivity index (χ0v) is 13.1. The van der Waals surface area contributed by atoms with Crippen LogP contribution in [0.3, 0.4) is 0 Å². The monoisotopic (exact) mass is 309 g/mol. The first kappa shape index (κ1) is 16.3. The number of benzene rings is 1. The highest BCUT2D eigenvalue weighted by Crippen LogP contribution is 2.28. The molecule has 5 heteroatoms. The van der Waals surface area contributed by atoms with Gasteiger partial charge in [-0.3, -0.25) is 4.79 Å². The Bertz CT molecular complexity index is 849. The number of fused-ring (bicyclic) bond motifs is 1. The van der Waals surface area contributed by atoms with Gasteiger partial charge in [-0.15, -0.1) is 0 Å². The number of carbonyl (C=O) groups is 1. The van der Waals surface area contributed by atoms with Crippen LogP contribution >= 0.6 is 0 Å². The number of aliphatic hydroxyl groups excluding tert-OH is 1. The van der Waals surface area contributed by atoms with E-state index in [9.17, 15) is 9.90 Å². The summed E-state index contributed by atoms with van der Waals surface area (Å²) in [5.74, 6) is -0.495. The molecule has 5 N–H and O–H groups in total. The van der Waals surface area contributed by atoms with Crippen LogP contribution < -0.4 is 11.5 Å². The number of anilines is 1. The van der Waals surface area contributed by atoms with Gasteiger partial charge in [0.2, 0.25) is 0 Å². The maximum atomic E-state index is 11.6. The molecule has 0 saturated carbocycles. The van der Waals surface area contributed by atoms with Crippen LogP contribution in [0.15, 0.2) is 53.8 Å². The molecule has 0 aliphatic carbocycles. The second-order valence-electron chi connectivity index (χ2n) is 5.10. The highest BCUT2D eigenvalue weighted by Gasteiger charge is 2.14. The Morgan fingerprint density at radius 3 is 2.61 bits per heavy atom. The van der Waals surface area contributed by atoms with Gasteiger partial charge < -0.3 is 16.6 Å². The summed E-state index contributed by atoms with van der Waals surface area (Å²) in [7, 11) is 0. The van der Waals surface area contributed by atoms with E-state index in [2.05, 4.69) is 4.98 Å². The molecule has 5 nitrogen and oxygen atoms in total. The van der Waals surface area contributed by atoms with Crippen molar-refractivity contribution in [1.82, 2.24) is 4.98 Å². The maximum absolute atomic E-state index is 11.6. The number of rotatable bonds is 4. The van der Waals surface area contributed by atoms with E-state index in [-0.39, 0.29) is 17.1 Å². The summed E-state index contributed by atoms with van der Waals surface area (Å²) in [4.78, 5) is 15.8. The Morgan fingerprint density at radius 2 is 1.96 bits per heavy atom. The topological polar surface area (TPSA) is 102 Å². The van der Waals surface area contributed by atoms with Crippen LogP contribution in [0, 0.1) is 0 Å². The molecule has 0 atom stereocenters. The largest absolute Gasteiger partial charge is 0.508 e. The van der Waals surface area contributed by atoms with Crippen LogP contribution in [0.2, 0.25) is 0 Å². The molecule has 0 fully saturated rings. The van der Waals surface area contributed by atoms with E-state index in [1.165, 1.54) is 0 Å². The van der Waals surface area contributed by atoms with Crippen LogP contribution in [0.25, 0.3) is 17.0 Å². The number of allylic oxidation sites excluding steroid dienone is 4. The number of aromatic nitrogens is 1. The Labute approximate surface area is 134 Å². The molecule has 1 amide bonds. The van der Waals surface area contributed by atoms with Crippen LogP contribution in [0.5, 0.6) is 0 Å². The lowest BCUT2D eigenvalue weighted by Crippen LogP contribution is -2.16. The highest BCUT2D eigenvalue weighted by molar-refractivity contribution is 6.04. The van der Waals surface area contributed by atoms with Crippen molar-refractivity contribution in [3.8, 4) is 0 Å². The van der Waals surface area contributed by atoms with E-state index < -0.39 is 5.91 Å². The van der Waals surface area contributed by atoms with E-state index in [4.69, 9.17) is 11.5 Å². The normalized spacial score (nSPS) is 13.0. The SMILES string of the molecule is C/C=C(O)/C=C\C(C)=C\c1c(N)c(C(N)=O)nc2ccccc12. The number of primary amides is 1. The van der Waals surface area contributed by atoms with Crippen molar-refractivity contribution in [2.45, 2.75) is 13.8 Å². The number of para-hydroxylation sites is 1. The second-order valence-corrected chi connectivity index (χ2v) is 5.10. The minimum atomic E-state index is -0.664. The number of aliphatic hydroxyl groups is 1. The van der Waals surface area contributed by atoms with Crippen LogP contribution in [0.4, 0.5) is 5.69 Å². The number of nitrogen functional groups attached to an aromatic ring is 1. The molecular formula is C18H19N3O2. The van der Waals surface area contributed by atoms with E-state index in [0.29, 0.717) is 11.1 Å². The standard InChI is InChI=1S/C18H19N3O2/c1-3-12(22)9-8-11(2)10-14-13-6-4-5-7-15(13)21-17(16(14)19)18(20)23/h3-10,22H,19H2,1-2H3,(H2,20,23)/b9-8-,11-10+,12-3-. The minimum absolute atomic E-state index is 0.0584. The van der Waals surface area contributed by atoms with E-state index in [0.717, 1.165) is 11.0 Å². The summed E-state index contributed by atoms with van der Waals surface area (Å²) in [6.07, 6.45) is 6.77. The second kappa shape index (κ2) is 6.79. The van der Waals surface area contributed by atoms with Gasteiger partial charge in [0.15, 0.2) is 5.69 Å². The van der Waals surface area contributed by atoms with Gasteiger partial charge in [-0.25, -0.2) is 4.98 Å². The maximum Gasteiger partial charge on any atom is 0.269 e. The summed E-state index contributed by atoms with van der Waals surface area (Å²) < 4.78 is 0. The fraction of sp³-hybridized carbons (Fsp3) is 0.111. The molecule has 2 rings (SSSR count). The van der Waals surface area contributed by atoms with Crippen molar-refractivity contribution >= 4 is 28.6 Å². The molecule has 118 valence electrons. The van der Waals surface area contributed by atoms with Gasteiger partial charge in [0, 0.05) is 10.9 Å². The summed E-state index contributed by atoms with van der Waals surface area (Å²) in [6, 6.07) is 7.40. The van der Waals surface area contributed by atoms with Gasteiger partial charge in [-0.1, -0.05) is 29.8 Å². The smallest absolute Gasteiger partial charge is 0.269 e. The van der Waals surface area contributed by atoms with Crippen LogP contribution in [0.1, 0.15) is 29.9 Å². The molecular weight excluding hydrogens is 290 g/mol. The highest BCUT2D eigenvalue weighted by atomic mass is 16.3. The predicted molar refractivity (Wildman–Crippen MR) is 93.9 cm³/mol. The molecule has 0 bridgehead atoms. The van der Waals surface area contributed by atoms with Crippen molar-refractivity contribution in [3.63, 3.8) is 0 Å². The molecule has 0 aliphatic heterocycles. The number of hydrogen-bond acceptors (Lipinski definition) is 4. The quantitative estimate of drug-likeness (QED) is 0.595. The third kappa shape index (κ3) is 3.58. The molecule has 1 heterocycles. The Morgan fingerprint density at radius 1 is 1.26 bits per heavy atom. The molecule has 2 aromatic rings. The molecule has 0 radical (unpaired) electrons. The van der Waals surface area contributed by atoms with E-state index in [1.807, 2.05) is 31.2 Å². The van der Waals surface area contributed by atoms with Crippen molar-refractivity contribution < 1.29 is 9.90 Å². The first-order valence-electron chi connectivity index (χ1n) is 7.13. The lowest BCUT2D eigenvalue weighted by molar-refractivity contribution is 0.0997. The van der Waals surface area contributed by atoms with Gasteiger partial charge in [0.05, 0.1) is 11.2 Å².